The van der Waals surface area contributed by atoms with Crippen molar-refractivity contribution in [1.29, 1.82) is 0 Å². The maximum atomic E-state index is 9.11. The molecule has 0 radical (unpaired) electrons. The highest BCUT2D eigenvalue weighted by molar-refractivity contribution is 5.81. The minimum absolute atomic E-state index is 0.498. The van der Waals surface area contributed by atoms with Crippen molar-refractivity contribution in [1.82, 2.24) is 4.90 Å². The fourth-order valence-electron chi connectivity index (χ4n) is 0.639. The van der Waals surface area contributed by atoms with Gasteiger partial charge in [-0.25, -0.2) is 4.99 Å². The molecule has 0 bridgehead atoms. The minimum Gasteiger partial charge on any atom is -0.370 e. The molecule has 0 aromatic heterocycles. The SMILES string of the molecule is CC1=NC=CC(O)N1C. The summed E-state index contributed by atoms with van der Waals surface area (Å²) in [7, 11) is 1.80. The Hall–Kier alpha value is -0.830. The molecule has 1 aliphatic heterocycles. The first-order valence-corrected chi connectivity index (χ1v) is 2.84. The molecule has 1 atom stereocenters. The molecule has 1 heterocycles. The minimum atomic E-state index is -0.498. The molecule has 0 saturated heterocycles. The summed E-state index contributed by atoms with van der Waals surface area (Å²) >= 11 is 0. The van der Waals surface area contributed by atoms with Gasteiger partial charge >= 0.3 is 0 Å². The summed E-state index contributed by atoms with van der Waals surface area (Å²) in [6.45, 7) is 1.85. The van der Waals surface area contributed by atoms with Gasteiger partial charge in [0.2, 0.25) is 0 Å². The van der Waals surface area contributed by atoms with E-state index in [0.717, 1.165) is 5.84 Å². The second kappa shape index (κ2) is 2.19. The topological polar surface area (TPSA) is 35.8 Å². The second-order valence-corrected chi connectivity index (χ2v) is 2.04. The van der Waals surface area contributed by atoms with Gasteiger partial charge < -0.3 is 10.0 Å². The Bertz CT molecular complexity index is 162. The lowest BCUT2D eigenvalue weighted by atomic mass is 10.4. The fraction of sp³-hybridized carbons (Fsp3) is 0.500. The van der Waals surface area contributed by atoms with Crippen molar-refractivity contribution in [2.75, 3.05) is 7.05 Å². The summed E-state index contributed by atoms with van der Waals surface area (Å²) in [5.74, 6) is 0.838. The Morgan fingerprint density at radius 1 is 1.78 bits per heavy atom. The highest BCUT2D eigenvalue weighted by Gasteiger charge is 2.10. The van der Waals surface area contributed by atoms with Gasteiger partial charge in [-0.3, -0.25) is 0 Å². The Kier molecular flexibility index (Phi) is 1.53. The quantitative estimate of drug-likeness (QED) is 0.502. The van der Waals surface area contributed by atoms with Crippen molar-refractivity contribution in [2.24, 2.45) is 4.99 Å². The van der Waals surface area contributed by atoms with Crippen LogP contribution in [0, 0.1) is 0 Å². The number of likely N-dealkylation sites (N-methyl/N-ethyl adjacent to an activating group) is 1. The Balaban J connectivity index is 2.73. The van der Waals surface area contributed by atoms with Gasteiger partial charge in [-0.15, -0.1) is 0 Å². The summed E-state index contributed by atoms with van der Waals surface area (Å²) in [5, 5.41) is 9.11. The van der Waals surface area contributed by atoms with Crippen LogP contribution in [0.4, 0.5) is 0 Å². The van der Waals surface area contributed by atoms with Gasteiger partial charge in [-0.2, -0.15) is 0 Å². The third-order valence-corrected chi connectivity index (χ3v) is 1.43. The lowest BCUT2D eigenvalue weighted by Gasteiger charge is -2.24. The zero-order chi connectivity index (χ0) is 6.85. The number of aliphatic hydroxyl groups excluding tert-OH is 1. The van der Waals surface area contributed by atoms with Gasteiger partial charge in [0.15, 0.2) is 0 Å². The molecule has 9 heavy (non-hydrogen) atoms. The van der Waals surface area contributed by atoms with Crippen LogP contribution >= 0.6 is 0 Å². The van der Waals surface area contributed by atoms with Gasteiger partial charge in [-0.05, 0) is 13.0 Å². The molecule has 50 valence electrons. The van der Waals surface area contributed by atoms with Crippen LogP contribution in [0.1, 0.15) is 6.92 Å². The monoisotopic (exact) mass is 126 g/mol. The maximum absolute atomic E-state index is 9.11. The molecule has 1 unspecified atom stereocenters. The van der Waals surface area contributed by atoms with E-state index in [1.165, 1.54) is 0 Å². The second-order valence-electron chi connectivity index (χ2n) is 2.04. The van der Waals surface area contributed by atoms with E-state index in [1.807, 2.05) is 6.92 Å². The van der Waals surface area contributed by atoms with Crippen molar-refractivity contribution in [3.63, 3.8) is 0 Å². The predicted molar refractivity (Wildman–Crippen MR) is 36.0 cm³/mol. The van der Waals surface area contributed by atoms with Crippen LogP contribution in [0.2, 0.25) is 0 Å². The van der Waals surface area contributed by atoms with Gasteiger partial charge in [0.1, 0.15) is 12.1 Å². The van der Waals surface area contributed by atoms with E-state index >= 15 is 0 Å². The molecule has 3 nitrogen and oxygen atoms in total. The van der Waals surface area contributed by atoms with Crippen LogP contribution in [0.25, 0.3) is 0 Å². The standard InChI is InChI=1S/C6H10N2O/c1-5-7-4-3-6(9)8(5)2/h3-4,6,9H,1-2H3. The van der Waals surface area contributed by atoms with Crippen LogP contribution in [0.3, 0.4) is 0 Å². The van der Waals surface area contributed by atoms with Crippen LogP contribution in [-0.2, 0) is 0 Å². The van der Waals surface area contributed by atoms with Crippen LogP contribution in [0.15, 0.2) is 17.3 Å². The van der Waals surface area contributed by atoms with Crippen LogP contribution < -0.4 is 0 Å². The first-order valence-electron chi connectivity index (χ1n) is 2.84. The lowest BCUT2D eigenvalue weighted by molar-refractivity contribution is 0.112. The number of hydrogen-bond donors (Lipinski definition) is 1. The zero-order valence-corrected chi connectivity index (χ0v) is 5.57. The highest BCUT2D eigenvalue weighted by atomic mass is 16.3. The van der Waals surface area contributed by atoms with Crippen molar-refractivity contribution >= 4 is 5.84 Å². The average molecular weight is 126 g/mol. The molecule has 0 aromatic rings. The number of aliphatic hydroxyl groups is 1. The molecule has 1 aliphatic rings. The van der Waals surface area contributed by atoms with Gasteiger partial charge in [0.05, 0.1) is 0 Å². The lowest BCUT2D eigenvalue weighted by Crippen LogP contribution is -2.35. The van der Waals surface area contributed by atoms with E-state index in [9.17, 15) is 0 Å². The van der Waals surface area contributed by atoms with Crippen LogP contribution in [0.5, 0.6) is 0 Å². The molecule has 0 spiro atoms. The van der Waals surface area contributed by atoms with Crippen molar-refractivity contribution in [3.05, 3.63) is 12.3 Å². The van der Waals surface area contributed by atoms with Gasteiger partial charge in [0.25, 0.3) is 0 Å². The number of hydrogen-bond acceptors (Lipinski definition) is 3. The largest absolute Gasteiger partial charge is 0.370 e. The number of nitrogens with zero attached hydrogens (tertiary/aromatic N) is 2. The van der Waals surface area contributed by atoms with Crippen molar-refractivity contribution < 1.29 is 5.11 Å². The molecular formula is C6H10N2O. The molecule has 0 fully saturated rings. The molecule has 0 saturated carbocycles. The predicted octanol–water partition coefficient (Wildman–Crippen LogP) is 0.182. The summed E-state index contributed by atoms with van der Waals surface area (Å²) in [5.41, 5.74) is 0. The third kappa shape index (κ3) is 1.10. The summed E-state index contributed by atoms with van der Waals surface area (Å²) in [6.07, 6.45) is 2.75. The van der Waals surface area contributed by atoms with E-state index < -0.39 is 6.23 Å². The van der Waals surface area contributed by atoms with E-state index in [2.05, 4.69) is 4.99 Å². The normalized spacial score (nSPS) is 26.3. The van der Waals surface area contributed by atoms with Gasteiger partial charge in [-0.1, -0.05) is 0 Å². The van der Waals surface area contributed by atoms with Crippen molar-refractivity contribution in [2.45, 2.75) is 13.2 Å². The smallest absolute Gasteiger partial charge is 0.148 e. The highest BCUT2D eigenvalue weighted by Crippen LogP contribution is 2.02. The van der Waals surface area contributed by atoms with Crippen molar-refractivity contribution in [3.8, 4) is 0 Å². The molecule has 0 aromatic carbocycles. The first-order chi connectivity index (χ1) is 4.22. The third-order valence-electron chi connectivity index (χ3n) is 1.43. The Morgan fingerprint density at radius 3 is 2.89 bits per heavy atom. The number of rotatable bonds is 0. The fourth-order valence-corrected chi connectivity index (χ4v) is 0.639. The van der Waals surface area contributed by atoms with E-state index in [4.69, 9.17) is 5.11 Å². The number of aliphatic imine (C=N–C) groups is 1. The van der Waals surface area contributed by atoms with Crippen LogP contribution in [-0.4, -0.2) is 29.1 Å². The number of amidine groups is 1. The average Bonchev–Trinajstić information content (AvgIpc) is 1.83. The molecule has 0 aliphatic carbocycles. The van der Waals surface area contributed by atoms with E-state index in [1.54, 1.807) is 24.2 Å². The molecular weight excluding hydrogens is 116 g/mol. The zero-order valence-electron chi connectivity index (χ0n) is 5.57. The summed E-state index contributed by atoms with van der Waals surface area (Å²) < 4.78 is 0. The van der Waals surface area contributed by atoms with Gasteiger partial charge in [0, 0.05) is 13.2 Å². The molecule has 0 amide bonds. The maximum Gasteiger partial charge on any atom is 0.148 e. The summed E-state index contributed by atoms with van der Waals surface area (Å²) in [6, 6.07) is 0. The Morgan fingerprint density at radius 2 is 2.44 bits per heavy atom. The first kappa shape index (κ1) is 6.29. The van der Waals surface area contributed by atoms with E-state index in [0.29, 0.717) is 0 Å². The molecule has 1 rings (SSSR count). The van der Waals surface area contributed by atoms with E-state index in [-0.39, 0.29) is 0 Å². The summed E-state index contributed by atoms with van der Waals surface area (Å²) in [4.78, 5) is 5.66. The Labute approximate surface area is 54.3 Å². The molecule has 3 heteroatoms. The molecule has 1 N–H and O–H groups in total.